The molecule has 0 saturated heterocycles. The summed E-state index contributed by atoms with van der Waals surface area (Å²) in [6, 6.07) is 1.92. The van der Waals surface area contributed by atoms with Crippen molar-refractivity contribution in [3.8, 4) is 5.75 Å². The topological polar surface area (TPSA) is 72.5 Å². The predicted octanol–water partition coefficient (Wildman–Crippen LogP) is 2.27. The number of benzene rings is 1. The molecule has 0 fully saturated rings. The van der Waals surface area contributed by atoms with Gasteiger partial charge in [-0.3, -0.25) is 4.79 Å². The van der Waals surface area contributed by atoms with E-state index in [0.29, 0.717) is 0 Å². The van der Waals surface area contributed by atoms with Crippen molar-refractivity contribution in [2.45, 2.75) is 39.7 Å². The first-order chi connectivity index (χ1) is 8.20. The molecule has 3 N–H and O–H groups in total. The van der Waals surface area contributed by atoms with Crippen molar-refractivity contribution in [3.63, 3.8) is 0 Å². The summed E-state index contributed by atoms with van der Waals surface area (Å²) in [5.41, 5.74) is 9.10. The molecule has 0 amide bonds. The van der Waals surface area contributed by atoms with Crippen LogP contribution in [0.1, 0.15) is 35.6 Å². The number of carbonyl (C=O) groups is 1. The molecular weight excluding hydrogens is 230 g/mol. The van der Waals surface area contributed by atoms with E-state index in [0.717, 1.165) is 28.0 Å². The molecule has 0 radical (unpaired) electrons. The molecule has 1 unspecified atom stereocenters. The standard InChI is InChI=1S/C14H21NO3/c1-8-6-11(14(4,15)7-12(16)17)9(2)10(3)13(8)18-5/h6H,7,15H2,1-5H3,(H,16,17). The normalized spacial score (nSPS) is 14.1. The lowest BCUT2D eigenvalue weighted by Crippen LogP contribution is -2.36. The molecule has 0 aliphatic rings. The minimum absolute atomic E-state index is 0.0982. The molecule has 0 aliphatic carbocycles. The van der Waals surface area contributed by atoms with E-state index >= 15 is 0 Å². The summed E-state index contributed by atoms with van der Waals surface area (Å²) in [6.07, 6.45) is -0.0982. The highest BCUT2D eigenvalue weighted by atomic mass is 16.5. The molecule has 0 heterocycles. The third-order valence-corrected chi connectivity index (χ3v) is 3.36. The summed E-state index contributed by atoms with van der Waals surface area (Å²) in [5, 5.41) is 8.94. The fraction of sp³-hybridized carbons (Fsp3) is 0.500. The van der Waals surface area contributed by atoms with Gasteiger partial charge in [-0.05, 0) is 49.9 Å². The van der Waals surface area contributed by atoms with Gasteiger partial charge in [-0.1, -0.05) is 6.07 Å². The van der Waals surface area contributed by atoms with Crippen LogP contribution in [0.5, 0.6) is 5.75 Å². The molecule has 0 bridgehead atoms. The second kappa shape index (κ2) is 4.98. The Balaban J connectivity index is 3.39. The monoisotopic (exact) mass is 251 g/mol. The number of aryl methyl sites for hydroxylation is 1. The first kappa shape index (κ1) is 14.5. The van der Waals surface area contributed by atoms with E-state index in [1.54, 1.807) is 14.0 Å². The Hall–Kier alpha value is -1.55. The molecule has 100 valence electrons. The predicted molar refractivity (Wildman–Crippen MR) is 71.0 cm³/mol. The maximum Gasteiger partial charge on any atom is 0.305 e. The highest BCUT2D eigenvalue weighted by Gasteiger charge is 2.28. The number of nitrogens with two attached hydrogens (primary N) is 1. The van der Waals surface area contributed by atoms with Gasteiger partial charge in [-0.25, -0.2) is 0 Å². The highest BCUT2D eigenvalue weighted by Crippen LogP contribution is 2.34. The molecule has 1 aromatic carbocycles. The van der Waals surface area contributed by atoms with Crippen LogP contribution >= 0.6 is 0 Å². The number of carboxylic acid groups (broad SMARTS) is 1. The largest absolute Gasteiger partial charge is 0.496 e. The summed E-state index contributed by atoms with van der Waals surface area (Å²) < 4.78 is 5.35. The van der Waals surface area contributed by atoms with Crippen LogP contribution in [-0.4, -0.2) is 18.2 Å². The van der Waals surface area contributed by atoms with Crippen LogP contribution in [0.3, 0.4) is 0 Å². The number of rotatable bonds is 4. The molecular formula is C14H21NO3. The van der Waals surface area contributed by atoms with E-state index < -0.39 is 11.5 Å². The van der Waals surface area contributed by atoms with Gasteiger partial charge in [0.15, 0.2) is 0 Å². The smallest absolute Gasteiger partial charge is 0.305 e. The van der Waals surface area contributed by atoms with Gasteiger partial charge in [-0.15, -0.1) is 0 Å². The van der Waals surface area contributed by atoms with Gasteiger partial charge in [0.05, 0.1) is 13.5 Å². The molecule has 1 atom stereocenters. The fourth-order valence-electron chi connectivity index (χ4n) is 2.38. The minimum atomic E-state index is -0.898. The zero-order valence-electron chi connectivity index (χ0n) is 11.6. The number of ether oxygens (including phenoxy) is 1. The van der Waals surface area contributed by atoms with Crippen LogP contribution in [0.2, 0.25) is 0 Å². The fourth-order valence-corrected chi connectivity index (χ4v) is 2.38. The van der Waals surface area contributed by atoms with Crippen molar-refractivity contribution in [3.05, 3.63) is 28.3 Å². The number of carboxylic acids is 1. The molecule has 0 aromatic heterocycles. The molecule has 4 heteroatoms. The number of aliphatic carboxylic acids is 1. The van der Waals surface area contributed by atoms with Crippen molar-refractivity contribution < 1.29 is 14.6 Å². The third kappa shape index (κ3) is 2.64. The van der Waals surface area contributed by atoms with E-state index in [9.17, 15) is 4.79 Å². The van der Waals surface area contributed by atoms with Crippen LogP contribution in [0.25, 0.3) is 0 Å². The van der Waals surface area contributed by atoms with Crippen molar-refractivity contribution in [1.29, 1.82) is 0 Å². The number of hydrogen-bond acceptors (Lipinski definition) is 3. The van der Waals surface area contributed by atoms with Gasteiger partial charge >= 0.3 is 5.97 Å². The Labute approximate surface area is 108 Å². The zero-order chi connectivity index (χ0) is 14.1. The summed E-state index contributed by atoms with van der Waals surface area (Å²) >= 11 is 0. The lowest BCUT2D eigenvalue weighted by atomic mass is 9.83. The van der Waals surface area contributed by atoms with E-state index in [4.69, 9.17) is 15.6 Å². The quantitative estimate of drug-likeness (QED) is 0.861. The van der Waals surface area contributed by atoms with Crippen LogP contribution in [0, 0.1) is 20.8 Å². The second-order valence-electron chi connectivity index (χ2n) is 5.01. The molecule has 0 spiro atoms. The Bertz CT molecular complexity index is 478. The number of methoxy groups -OCH3 is 1. The summed E-state index contributed by atoms with van der Waals surface area (Å²) in [4.78, 5) is 10.9. The van der Waals surface area contributed by atoms with E-state index in [-0.39, 0.29) is 6.42 Å². The van der Waals surface area contributed by atoms with Gasteiger partial charge in [-0.2, -0.15) is 0 Å². The lowest BCUT2D eigenvalue weighted by molar-refractivity contribution is -0.138. The molecule has 1 aromatic rings. The average Bonchev–Trinajstić information content (AvgIpc) is 2.22. The molecule has 4 nitrogen and oxygen atoms in total. The average molecular weight is 251 g/mol. The number of hydrogen-bond donors (Lipinski definition) is 2. The van der Waals surface area contributed by atoms with E-state index in [1.807, 2.05) is 26.8 Å². The van der Waals surface area contributed by atoms with Crippen molar-refractivity contribution in [2.24, 2.45) is 5.73 Å². The Morgan fingerprint density at radius 2 is 1.94 bits per heavy atom. The molecule has 18 heavy (non-hydrogen) atoms. The highest BCUT2D eigenvalue weighted by molar-refractivity contribution is 5.69. The summed E-state index contributed by atoms with van der Waals surface area (Å²) in [7, 11) is 1.63. The summed E-state index contributed by atoms with van der Waals surface area (Å²) in [6.45, 7) is 7.58. The molecule has 0 aliphatic heterocycles. The Kier molecular flexibility index (Phi) is 4.02. The van der Waals surface area contributed by atoms with Crippen molar-refractivity contribution in [1.82, 2.24) is 0 Å². The maximum atomic E-state index is 10.9. The Morgan fingerprint density at radius 1 is 1.39 bits per heavy atom. The van der Waals surface area contributed by atoms with E-state index in [2.05, 4.69) is 0 Å². The minimum Gasteiger partial charge on any atom is -0.496 e. The molecule has 1 rings (SSSR count). The van der Waals surface area contributed by atoms with Gasteiger partial charge < -0.3 is 15.6 Å². The Morgan fingerprint density at radius 3 is 2.39 bits per heavy atom. The van der Waals surface area contributed by atoms with Crippen LogP contribution in [-0.2, 0) is 10.3 Å². The van der Waals surface area contributed by atoms with E-state index in [1.165, 1.54) is 0 Å². The first-order valence-corrected chi connectivity index (χ1v) is 5.86. The van der Waals surface area contributed by atoms with Crippen LogP contribution in [0.15, 0.2) is 6.07 Å². The second-order valence-corrected chi connectivity index (χ2v) is 5.01. The third-order valence-electron chi connectivity index (χ3n) is 3.36. The van der Waals surface area contributed by atoms with Crippen molar-refractivity contribution in [2.75, 3.05) is 7.11 Å². The van der Waals surface area contributed by atoms with Gasteiger partial charge in [0.2, 0.25) is 0 Å². The maximum absolute atomic E-state index is 10.9. The molecule has 0 saturated carbocycles. The van der Waals surface area contributed by atoms with Gasteiger partial charge in [0.25, 0.3) is 0 Å². The zero-order valence-corrected chi connectivity index (χ0v) is 11.6. The lowest BCUT2D eigenvalue weighted by Gasteiger charge is -2.27. The van der Waals surface area contributed by atoms with Gasteiger partial charge in [0, 0.05) is 5.54 Å². The van der Waals surface area contributed by atoms with Crippen molar-refractivity contribution >= 4 is 5.97 Å². The SMILES string of the molecule is COc1c(C)cc(C(C)(N)CC(=O)O)c(C)c1C. The summed E-state index contributed by atoms with van der Waals surface area (Å²) in [5.74, 6) is -0.0621. The van der Waals surface area contributed by atoms with Crippen LogP contribution < -0.4 is 10.5 Å². The first-order valence-electron chi connectivity index (χ1n) is 5.86. The van der Waals surface area contributed by atoms with Crippen LogP contribution in [0.4, 0.5) is 0 Å². The van der Waals surface area contributed by atoms with Gasteiger partial charge in [0.1, 0.15) is 5.75 Å².